The maximum absolute atomic E-state index is 11.9. The minimum atomic E-state index is -0.328. The van der Waals surface area contributed by atoms with Gasteiger partial charge in [-0.3, -0.25) is 10.1 Å². The van der Waals surface area contributed by atoms with E-state index in [1.807, 2.05) is 0 Å². The molecule has 2 N–H and O–H groups in total. The second-order valence-electron chi connectivity index (χ2n) is 3.25. The zero-order valence-electron chi connectivity index (χ0n) is 9.20. The number of anilines is 1. The SMILES string of the molecule is COc1n[nH]c(NC(=O)c2ccc(Cl)c(Br)c2)n1. The molecule has 0 atom stereocenters. The van der Waals surface area contributed by atoms with Crippen molar-refractivity contribution in [2.45, 2.75) is 0 Å². The Morgan fingerprint density at radius 3 is 2.94 bits per heavy atom. The highest BCUT2D eigenvalue weighted by Crippen LogP contribution is 2.23. The first kappa shape index (κ1) is 12.8. The molecule has 1 aromatic heterocycles. The summed E-state index contributed by atoms with van der Waals surface area (Å²) in [5, 5.41) is 9.32. The van der Waals surface area contributed by atoms with Crippen LogP contribution in [0.4, 0.5) is 5.95 Å². The highest BCUT2D eigenvalue weighted by molar-refractivity contribution is 9.10. The summed E-state index contributed by atoms with van der Waals surface area (Å²) in [6.45, 7) is 0. The summed E-state index contributed by atoms with van der Waals surface area (Å²) in [6.07, 6.45) is 0. The second-order valence-corrected chi connectivity index (χ2v) is 4.52. The molecule has 18 heavy (non-hydrogen) atoms. The van der Waals surface area contributed by atoms with Gasteiger partial charge in [0, 0.05) is 10.0 Å². The van der Waals surface area contributed by atoms with E-state index in [2.05, 4.69) is 36.4 Å². The van der Waals surface area contributed by atoms with Gasteiger partial charge in [0.05, 0.1) is 12.1 Å². The number of halogens is 2. The first-order valence-electron chi connectivity index (χ1n) is 4.83. The number of aromatic nitrogens is 3. The van der Waals surface area contributed by atoms with Crippen LogP contribution in [0.2, 0.25) is 5.02 Å². The molecule has 0 bridgehead atoms. The molecule has 0 aliphatic heterocycles. The van der Waals surface area contributed by atoms with Gasteiger partial charge in [-0.1, -0.05) is 11.6 Å². The number of rotatable bonds is 3. The molecule has 0 aliphatic rings. The number of carbonyl (C=O) groups is 1. The lowest BCUT2D eigenvalue weighted by Crippen LogP contribution is -2.13. The van der Waals surface area contributed by atoms with E-state index in [1.165, 1.54) is 7.11 Å². The number of H-pyrrole nitrogens is 1. The summed E-state index contributed by atoms with van der Waals surface area (Å²) >= 11 is 9.09. The van der Waals surface area contributed by atoms with Gasteiger partial charge in [-0.25, -0.2) is 5.10 Å². The number of benzene rings is 1. The van der Waals surface area contributed by atoms with Crippen LogP contribution in [0, 0.1) is 0 Å². The number of carbonyl (C=O) groups excluding carboxylic acids is 1. The van der Waals surface area contributed by atoms with Gasteiger partial charge in [0.1, 0.15) is 0 Å². The molecule has 0 radical (unpaired) electrons. The van der Waals surface area contributed by atoms with Crippen LogP contribution in [0.5, 0.6) is 6.01 Å². The Bertz CT molecular complexity index is 587. The van der Waals surface area contributed by atoms with Crippen LogP contribution in [-0.2, 0) is 0 Å². The molecule has 6 nitrogen and oxygen atoms in total. The Morgan fingerprint density at radius 2 is 2.33 bits per heavy atom. The Kier molecular flexibility index (Phi) is 3.83. The van der Waals surface area contributed by atoms with Crippen LogP contribution in [0.15, 0.2) is 22.7 Å². The van der Waals surface area contributed by atoms with E-state index < -0.39 is 0 Å². The zero-order valence-corrected chi connectivity index (χ0v) is 11.5. The van der Waals surface area contributed by atoms with Crippen LogP contribution in [0.1, 0.15) is 10.4 Å². The van der Waals surface area contributed by atoms with Gasteiger partial charge < -0.3 is 4.74 Å². The van der Waals surface area contributed by atoms with E-state index in [9.17, 15) is 4.79 Å². The maximum Gasteiger partial charge on any atom is 0.336 e. The molecule has 94 valence electrons. The quantitative estimate of drug-likeness (QED) is 0.905. The molecular formula is C10H8BrClN4O2. The minimum absolute atomic E-state index is 0.155. The van der Waals surface area contributed by atoms with Crippen molar-refractivity contribution in [2.24, 2.45) is 0 Å². The fourth-order valence-corrected chi connectivity index (χ4v) is 1.71. The largest absolute Gasteiger partial charge is 0.466 e. The third kappa shape index (κ3) is 2.80. The molecule has 2 aromatic rings. The lowest BCUT2D eigenvalue weighted by Gasteiger charge is -2.02. The molecule has 0 saturated carbocycles. The van der Waals surface area contributed by atoms with Crippen molar-refractivity contribution < 1.29 is 9.53 Å². The number of aromatic amines is 1. The summed E-state index contributed by atoms with van der Waals surface area (Å²) in [4.78, 5) is 15.7. The number of hydrogen-bond acceptors (Lipinski definition) is 4. The third-order valence-corrected chi connectivity index (χ3v) is 3.28. The normalized spacial score (nSPS) is 10.2. The fraction of sp³-hybridized carbons (Fsp3) is 0.100. The summed E-state index contributed by atoms with van der Waals surface area (Å²) in [5.41, 5.74) is 0.446. The molecule has 1 aromatic carbocycles. The molecule has 0 saturated heterocycles. The average Bonchev–Trinajstić information content (AvgIpc) is 2.80. The summed E-state index contributed by atoms with van der Waals surface area (Å²) in [5.74, 6) is -0.117. The summed E-state index contributed by atoms with van der Waals surface area (Å²) in [7, 11) is 1.44. The summed E-state index contributed by atoms with van der Waals surface area (Å²) in [6, 6.07) is 5.01. The lowest BCUT2D eigenvalue weighted by atomic mass is 10.2. The zero-order chi connectivity index (χ0) is 13.1. The monoisotopic (exact) mass is 330 g/mol. The Morgan fingerprint density at radius 1 is 1.56 bits per heavy atom. The Hall–Kier alpha value is -1.60. The van der Waals surface area contributed by atoms with Crippen LogP contribution in [-0.4, -0.2) is 28.2 Å². The Balaban J connectivity index is 2.14. The van der Waals surface area contributed by atoms with Crippen molar-refractivity contribution in [1.82, 2.24) is 15.2 Å². The molecule has 0 unspecified atom stereocenters. The van der Waals surface area contributed by atoms with Gasteiger partial charge in [-0.15, -0.1) is 5.10 Å². The molecule has 0 aliphatic carbocycles. The first-order chi connectivity index (χ1) is 8.60. The fourth-order valence-electron chi connectivity index (χ4n) is 1.21. The molecule has 1 heterocycles. The molecule has 8 heteroatoms. The molecular weight excluding hydrogens is 323 g/mol. The second kappa shape index (κ2) is 5.36. The minimum Gasteiger partial charge on any atom is -0.466 e. The van der Waals surface area contributed by atoms with Crippen molar-refractivity contribution in [3.63, 3.8) is 0 Å². The van der Waals surface area contributed by atoms with Gasteiger partial charge in [0.15, 0.2) is 0 Å². The van der Waals surface area contributed by atoms with Gasteiger partial charge in [-0.2, -0.15) is 4.98 Å². The van der Waals surface area contributed by atoms with E-state index in [1.54, 1.807) is 18.2 Å². The molecule has 1 amide bonds. The van der Waals surface area contributed by atoms with Gasteiger partial charge in [-0.05, 0) is 34.1 Å². The van der Waals surface area contributed by atoms with E-state index >= 15 is 0 Å². The Labute approximate surface area is 116 Å². The third-order valence-electron chi connectivity index (χ3n) is 2.06. The van der Waals surface area contributed by atoms with Crippen molar-refractivity contribution in [1.29, 1.82) is 0 Å². The lowest BCUT2D eigenvalue weighted by molar-refractivity contribution is 0.102. The number of hydrogen-bond donors (Lipinski definition) is 2. The van der Waals surface area contributed by atoms with Crippen LogP contribution < -0.4 is 10.1 Å². The van der Waals surface area contributed by atoms with E-state index in [0.717, 1.165) is 0 Å². The van der Waals surface area contributed by atoms with Gasteiger partial charge in [0.2, 0.25) is 5.95 Å². The van der Waals surface area contributed by atoms with Crippen molar-refractivity contribution in [3.8, 4) is 6.01 Å². The topological polar surface area (TPSA) is 79.9 Å². The summed E-state index contributed by atoms with van der Waals surface area (Å²) < 4.78 is 5.43. The van der Waals surface area contributed by atoms with Gasteiger partial charge in [0.25, 0.3) is 5.91 Å². The molecule has 2 rings (SSSR count). The van der Waals surface area contributed by atoms with E-state index in [4.69, 9.17) is 16.3 Å². The number of nitrogens with zero attached hydrogens (tertiary/aromatic N) is 2. The number of nitrogens with one attached hydrogen (secondary N) is 2. The number of amides is 1. The predicted molar refractivity (Wildman–Crippen MR) is 70.0 cm³/mol. The standard InChI is InChI=1S/C10H8BrClN4O2/c1-18-10-14-9(15-16-10)13-8(17)5-2-3-7(12)6(11)4-5/h2-4H,1H3,(H2,13,14,15,16,17). The van der Waals surface area contributed by atoms with Crippen LogP contribution >= 0.6 is 27.5 Å². The average molecular weight is 332 g/mol. The smallest absolute Gasteiger partial charge is 0.336 e. The van der Waals surface area contributed by atoms with Crippen LogP contribution in [0.3, 0.4) is 0 Å². The number of ether oxygens (including phenoxy) is 1. The highest BCUT2D eigenvalue weighted by atomic mass is 79.9. The van der Waals surface area contributed by atoms with Crippen LogP contribution in [0.25, 0.3) is 0 Å². The maximum atomic E-state index is 11.9. The number of methoxy groups -OCH3 is 1. The van der Waals surface area contributed by atoms with E-state index in [-0.39, 0.29) is 17.9 Å². The highest BCUT2D eigenvalue weighted by Gasteiger charge is 2.11. The van der Waals surface area contributed by atoms with Crippen molar-refractivity contribution >= 4 is 39.4 Å². The van der Waals surface area contributed by atoms with Gasteiger partial charge >= 0.3 is 6.01 Å². The predicted octanol–water partition coefficient (Wildman–Crippen LogP) is 2.48. The molecule has 0 fully saturated rings. The first-order valence-corrected chi connectivity index (χ1v) is 6.00. The van der Waals surface area contributed by atoms with E-state index in [0.29, 0.717) is 15.1 Å². The van der Waals surface area contributed by atoms with Crippen molar-refractivity contribution in [2.75, 3.05) is 12.4 Å². The van der Waals surface area contributed by atoms with Crippen molar-refractivity contribution in [3.05, 3.63) is 33.3 Å². The molecule has 0 spiro atoms.